The average molecular weight is 545 g/mol. The van der Waals surface area contributed by atoms with Crippen molar-refractivity contribution in [3.63, 3.8) is 0 Å². The van der Waals surface area contributed by atoms with Gasteiger partial charge in [0.15, 0.2) is 5.75 Å². The smallest absolute Gasteiger partial charge is 0.166 e. The van der Waals surface area contributed by atoms with Crippen LogP contribution in [-0.4, -0.2) is 55.4 Å². The summed E-state index contributed by atoms with van der Waals surface area (Å²) in [5.74, 6) is 1.22. The van der Waals surface area contributed by atoms with Gasteiger partial charge in [0, 0.05) is 50.8 Å². The van der Waals surface area contributed by atoms with Gasteiger partial charge in [-0.1, -0.05) is 50.1 Å². The third kappa shape index (κ3) is 3.52. The second-order valence-electron chi connectivity index (χ2n) is 8.32. The predicted octanol–water partition coefficient (Wildman–Crippen LogP) is 5.52. The minimum atomic E-state index is 0.252. The fourth-order valence-corrected chi connectivity index (χ4v) is 5.69. The number of benzene rings is 2. The van der Waals surface area contributed by atoms with Crippen LogP contribution in [0.2, 0.25) is 0 Å². The molecule has 7 heteroatoms. The molecule has 0 bridgehead atoms. The summed E-state index contributed by atoms with van der Waals surface area (Å²) in [7, 11) is 0. The molecule has 3 heterocycles. The van der Waals surface area contributed by atoms with Crippen LogP contribution in [0.15, 0.2) is 51.4 Å². The van der Waals surface area contributed by atoms with Crippen molar-refractivity contribution >= 4 is 59.4 Å². The van der Waals surface area contributed by atoms with Gasteiger partial charge in [0.2, 0.25) is 0 Å². The Morgan fingerprint density at radius 3 is 2.87 bits per heavy atom. The topological polar surface area (TPSA) is 49.5 Å². The number of hydrogen-bond acceptors (Lipinski definition) is 4. The van der Waals surface area contributed by atoms with Crippen LogP contribution in [0.3, 0.4) is 0 Å². The van der Waals surface area contributed by atoms with E-state index in [2.05, 4.69) is 89.6 Å². The van der Waals surface area contributed by atoms with Crippen LogP contribution < -0.4 is 10.1 Å². The van der Waals surface area contributed by atoms with E-state index in [4.69, 9.17) is 9.47 Å². The number of halogens is 2. The summed E-state index contributed by atoms with van der Waals surface area (Å²) in [6.45, 7) is 5.10. The van der Waals surface area contributed by atoms with Gasteiger partial charge >= 0.3 is 0 Å². The molecule has 0 amide bonds. The normalized spacial score (nSPS) is 23.0. The van der Waals surface area contributed by atoms with Gasteiger partial charge < -0.3 is 19.8 Å². The van der Waals surface area contributed by atoms with Crippen LogP contribution in [0.5, 0.6) is 5.75 Å². The first kappa shape index (κ1) is 19.9. The molecular formula is C24H23Br2N3O2. The van der Waals surface area contributed by atoms with Crippen molar-refractivity contribution in [1.82, 2.24) is 9.88 Å². The molecular weight excluding hydrogens is 522 g/mol. The summed E-state index contributed by atoms with van der Waals surface area (Å²) in [6.07, 6.45) is 6.64. The van der Waals surface area contributed by atoms with Gasteiger partial charge in [0.05, 0.1) is 30.5 Å². The van der Waals surface area contributed by atoms with E-state index in [-0.39, 0.29) is 12.0 Å². The highest BCUT2D eigenvalue weighted by Crippen LogP contribution is 2.50. The van der Waals surface area contributed by atoms with E-state index in [0.29, 0.717) is 6.61 Å². The number of H-pyrrole nitrogens is 1. The molecule has 2 atom stereocenters. The fraction of sp³-hybridized carbons (Fsp3) is 0.333. The molecule has 3 aromatic rings. The third-order valence-corrected chi connectivity index (χ3v) is 7.48. The Hall–Kier alpha value is -1.80. The average Bonchev–Trinajstić information content (AvgIpc) is 3.32. The van der Waals surface area contributed by atoms with E-state index < -0.39 is 0 Å². The number of anilines is 1. The zero-order chi connectivity index (χ0) is 20.9. The Kier molecular flexibility index (Phi) is 5.10. The van der Waals surface area contributed by atoms with Gasteiger partial charge in [-0.25, -0.2) is 0 Å². The molecule has 0 saturated carbocycles. The highest BCUT2D eigenvalue weighted by Gasteiger charge is 2.35. The monoisotopic (exact) mass is 543 g/mol. The maximum atomic E-state index is 6.51. The zero-order valence-electron chi connectivity index (χ0n) is 17.0. The van der Waals surface area contributed by atoms with Crippen LogP contribution in [0.4, 0.5) is 5.69 Å². The minimum absolute atomic E-state index is 0.252. The van der Waals surface area contributed by atoms with Crippen LogP contribution in [0.25, 0.3) is 21.8 Å². The van der Waals surface area contributed by atoms with Gasteiger partial charge in [0.1, 0.15) is 6.61 Å². The molecule has 2 aliphatic heterocycles. The van der Waals surface area contributed by atoms with Crippen molar-refractivity contribution in [2.24, 2.45) is 0 Å². The van der Waals surface area contributed by atoms with E-state index in [9.17, 15) is 0 Å². The van der Waals surface area contributed by atoms with E-state index in [1.54, 1.807) is 0 Å². The maximum absolute atomic E-state index is 6.51. The molecule has 1 aliphatic carbocycles. The van der Waals surface area contributed by atoms with E-state index in [1.165, 1.54) is 16.3 Å². The summed E-state index contributed by atoms with van der Waals surface area (Å²) in [4.78, 5) is 6.02. The molecule has 1 fully saturated rings. The molecule has 5 nitrogen and oxygen atoms in total. The first-order valence-electron chi connectivity index (χ1n) is 10.7. The van der Waals surface area contributed by atoms with Crippen molar-refractivity contribution < 1.29 is 9.47 Å². The largest absolute Gasteiger partial charge is 0.488 e. The minimum Gasteiger partial charge on any atom is -0.488 e. The van der Waals surface area contributed by atoms with Crippen molar-refractivity contribution in [2.75, 3.05) is 44.8 Å². The second kappa shape index (κ2) is 7.96. The summed E-state index contributed by atoms with van der Waals surface area (Å²) in [6, 6.07) is 8.97. The van der Waals surface area contributed by atoms with Crippen LogP contribution in [0, 0.1) is 0 Å². The lowest BCUT2D eigenvalue weighted by molar-refractivity contribution is 0.0323. The van der Waals surface area contributed by atoms with Gasteiger partial charge in [-0.2, -0.15) is 0 Å². The predicted molar refractivity (Wildman–Crippen MR) is 133 cm³/mol. The van der Waals surface area contributed by atoms with Crippen molar-refractivity contribution in [1.29, 1.82) is 0 Å². The number of allylic oxidation sites excluding steroid dienone is 2. The summed E-state index contributed by atoms with van der Waals surface area (Å²) in [5, 5.41) is 6.14. The molecule has 3 aliphatic rings. The Bertz CT molecular complexity index is 1230. The standard InChI is InChI=1S/C24H23Br2N3O2/c25-14-1-3-20-16(11-14)18-13-19-17-12-15(26)2-4-21(17)28-23(19)24(22(18)27-20)31-10-7-29-5-8-30-9-6-29/h1-4,11-13,16,20,27-28H,5-10H2. The Morgan fingerprint density at radius 1 is 1.13 bits per heavy atom. The van der Waals surface area contributed by atoms with Gasteiger partial charge in [-0.15, -0.1) is 0 Å². The lowest BCUT2D eigenvalue weighted by Gasteiger charge is -2.26. The summed E-state index contributed by atoms with van der Waals surface area (Å²) >= 11 is 7.29. The number of rotatable bonds is 4. The molecule has 2 aromatic carbocycles. The van der Waals surface area contributed by atoms with Gasteiger partial charge in [-0.05, 0) is 29.8 Å². The maximum Gasteiger partial charge on any atom is 0.166 e. The second-order valence-corrected chi connectivity index (χ2v) is 10.1. The summed E-state index contributed by atoms with van der Waals surface area (Å²) < 4.78 is 14.2. The number of hydrogen-bond donors (Lipinski definition) is 2. The fourth-order valence-electron chi connectivity index (χ4n) is 4.89. The highest BCUT2D eigenvalue weighted by atomic mass is 79.9. The van der Waals surface area contributed by atoms with E-state index >= 15 is 0 Å². The van der Waals surface area contributed by atoms with Crippen molar-refractivity contribution in [2.45, 2.75) is 12.0 Å². The number of aromatic amines is 1. The van der Waals surface area contributed by atoms with Crippen molar-refractivity contribution in [3.05, 3.63) is 57.0 Å². The Labute approximate surface area is 197 Å². The molecule has 6 rings (SSSR count). The van der Waals surface area contributed by atoms with Crippen LogP contribution in [-0.2, 0) is 4.74 Å². The number of fused-ring (bicyclic) bond motifs is 6. The van der Waals surface area contributed by atoms with Gasteiger partial charge in [-0.3, -0.25) is 4.90 Å². The lowest BCUT2D eigenvalue weighted by atomic mass is 9.90. The Balaban J connectivity index is 1.44. The number of nitrogens with zero attached hydrogens (tertiary/aromatic N) is 1. The van der Waals surface area contributed by atoms with E-state index in [0.717, 1.165) is 64.3 Å². The van der Waals surface area contributed by atoms with E-state index in [1.807, 2.05) is 0 Å². The highest BCUT2D eigenvalue weighted by molar-refractivity contribution is 9.12. The molecule has 160 valence electrons. The molecule has 1 saturated heterocycles. The SMILES string of the molecule is BrC1=CC2c3cc4c([nH]c5ccc(Br)cc54)c(OCCN4CCOCC4)c3NC2C=C1. The molecule has 0 radical (unpaired) electrons. The number of nitrogens with one attached hydrogen (secondary N) is 2. The zero-order valence-corrected chi connectivity index (χ0v) is 20.1. The lowest BCUT2D eigenvalue weighted by Crippen LogP contribution is -2.38. The molecule has 0 spiro atoms. The number of morpholine rings is 1. The first-order valence-corrected chi connectivity index (χ1v) is 12.3. The van der Waals surface area contributed by atoms with Crippen molar-refractivity contribution in [3.8, 4) is 5.75 Å². The van der Waals surface area contributed by atoms with Gasteiger partial charge in [0.25, 0.3) is 0 Å². The Morgan fingerprint density at radius 2 is 2.00 bits per heavy atom. The summed E-state index contributed by atoms with van der Waals surface area (Å²) in [5.41, 5.74) is 4.59. The van der Waals surface area contributed by atoms with Crippen LogP contribution in [0.1, 0.15) is 11.5 Å². The number of ether oxygens (including phenoxy) is 2. The number of aromatic nitrogens is 1. The first-order chi connectivity index (χ1) is 15.2. The molecule has 1 aromatic heterocycles. The quantitative estimate of drug-likeness (QED) is 0.454. The molecule has 31 heavy (non-hydrogen) atoms. The molecule has 2 unspecified atom stereocenters. The molecule has 2 N–H and O–H groups in total. The van der Waals surface area contributed by atoms with Crippen LogP contribution >= 0.6 is 31.9 Å². The third-order valence-electron chi connectivity index (χ3n) is 6.46.